The third-order valence-corrected chi connectivity index (χ3v) is 5.93. The summed E-state index contributed by atoms with van der Waals surface area (Å²) in [5, 5.41) is 2.63. The van der Waals surface area contributed by atoms with Crippen LogP contribution in [0.3, 0.4) is 0 Å². The van der Waals surface area contributed by atoms with Gasteiger partial charge in [0.2, 0.25) is 10.0 Å². The Morgan fingerprint density at radius 1 is 0.966 bits per heavy atom. The van der Waals surface area contributed by atoms with Gasteiger partial charge in [0.05, 0.1) is 11.3 Å². The van der Waals surface area contributed by atoms with Gasteiger partial charge in [0.1, 0.15) is 0 Å². The molecule has 0 aliphatic heterocycles. The lowest BCUT2D eigenvalue weighted by Gasteiger charge is -2.13. The molecule has 2 aromatic rings. The molecule has 0 atom stereocenters. The van der Waals surface area contributed by atoms with E-state index in [-0.39, 0.29) is 17.9 Å². The van der Waals surface area contributed by atoms with E-state index in [1.165, 1.54) is 0 Å². The van der Waals surface area contributed by atoms with Crippen LogP contribution in [-0.2, 0) is 24.3 Å². The van der Waals surface area contributed by atoms with Crippen LogP contribution < -0.4 is 10.0 Å². The number of ether oxygens (including phenoxy) is 1. The van der Waals surface area contributed by atoms with E-state index in [2.05, 4.69) is 10.0 Å². The van der Waals surface area contributed by atoms with Gasteiger partial charge in [0.15, 0.2) is 6.61 Å². The number of rotatable bonds is 8. The Labute approximate surface area is 171 Å². The Hall–Kier alpha value is -2.71. The van der Waals surface area contributed by atoms with Crippen molar-refractivity contribution in [1.29, 1.82) is 0 Å². The normalized spacial score (nSPS) is 11.2. The van der Waals surface area contributed by atoms with E-state index in [1.54, 1.807) is 44.2 Å². The summed E-state index contributed by atoms with van der Waals surface area (Å²) in [6, 6.07) is 10.8. The summed E-state index contributed by atoms with van der Waals surface area (Å²) >= 11 is 0. The molecule has 0 aliphatic rings. The Kier molecular flexibility index (Phi) is 7.53. The van der Waals surface area contributed by atoms with Gasteiger partial charge in [-0.1, -0.05) is 29.8 Å². The molecule has 2 aromatic carbocycles. The summed E-state index contributed by atoms with van der Waals surface area (Å²) in [5.41, 5.74) is 3.87. The molecule has 0 aromatic heterocycles. The number of benzene rings is 2. The highest BCUT2D eigenvalue weighted by molar-refractivity contribution is 7.89. The van der Waals surface area contributed by atoms with Gasteiger partial charge in [-0.15, -0.1) is 0 Å². The average molecular weight is 419 g/mol. The molecule has 0 radical (unpaired) electrons. The number of carbonyl (C=O) groups excluding carboxylic acids is 2. The Morgan fingerprint density at radius 3 is 2.24 bits per heavy atom. The van der Waals surface area contributed by atoms with Crippen molar-refractivity contribution in [2.45, 2.75) is 39.0 Å². The van der Waals surface area contributed by atoms with Crippen LogP contribution in [0.1, 0.15) is 28.7 Å². The molecule has 0 spiro atoms. The van der Waals surface area contributed by atoms with Crippen LogP contribution in [-0.4, -0.2) is 33.4 Å². The maximum absolute atomic E-state index is 12.5. The standard InChI is InChI=1S/C21H26N2O5S/c1-14-6-5-7-18(12-14)23-19(24)13-28-20(25)8-9-22-29(26,27)21-16(3)10-15(2)11-17(21)4/h5-7,10-12,22H,8-9,13H2,1-4H3,(H,23,24). The Bertz CT molecular complexity index is 992. The highest BCUT2D eigenvalue weighted by Crippen LogP contribution is 2.21. The Morgan fingerprint density at radius 2 is 1.62 bits per heavy atom. The second kappa shape index (κ2) is 9.67. The summed E-state index contributed by atoms with van der Waals surface area (Å²) in [6.45, 7) is 6.71. The van der Waals surface area contributed by atoms with Gasteiger partial charge in [0.25, 0.3) is 5.91 Å². The number of esters is 1. The van der Waals surface area contributed by atoms with Crippen LogP contribution in [0.2, 0.25) is 0 Å². The Balaban J connectivity index is 1.81. The summed E-state index contributed by atoms with van der Waals surface area (Å²) in [7, 11) is -3.75. The summed E-state index contributed by atoms with van der Waals surface area (Å²) in [5.74, 6) is -1.13. The number of anilines is 1. The van der Waals surface area contributed by atoms with Crippen LogP contribution in [0.4, 0.5) is 5.69 Å². The number of amides is 1. The van der Waals surface area contributed by atoms with Gasteiger partial charge in [-0.3, -0.25) is 9.59 Å². The van der Waals surface area contributed by atoms with Crippen LogP contribution in [0.25, 0.3) is 0 Å². The average Bonchev–Trinajstić information content (AvgIpc) is 2.58. The molecule has 2 N–H and O–H groups in total. The zero-order valence-corrected chi connectivity index (χ0v) is 17.9. The maximum atomic E-state index is 12.5. The summed E-state index contributed by atoms with van der Waals surface area (Å²) < 4.78 is 32.4. The van der Waals surface area contributed by atoms with Crippen LogP contribution >= 0.6 is 0 Å². The number of hydrogen-bond acceptors (Lipinski definition) is 5. The van der Waals surface area contributed by atoms with Gasteiger partial charge in [0, 0.05) is 12.2 Å². The van der Waals surface area contributed by atoms with Crippen molar-refractivity contribution >= 4 is 27.6 Å². The van der Waals surface area contributed by atoms with Crippen LogP contribution in [0, 0.1) is 27.7 Å². The SMILES string of the molecule is Cc1cccc(NC(=O)COC(=O)CCNS(=O)(=O)c2c(C)cc(C)cc2C)c1. The monoisotopic (exact) mass is 418 g/mol. The van der Waals surface area contributed by atoms with Gasteiger partial charge >= 0.3 is 5.97 Å². The molecule has 2 rings (SSSR count). The molecule has 0 aliphatic carbocycles. The van der Waals surface area contributed by atoms with Crippen molar-refractivity contribution in [2.75, 3.05) is 18.5 Å². The minimum absolute atomic E-state index is 0.118. The minimum Gasteiger partial charge on any atom is -0.456 e. The molecule has 0 fully saturated rings. The van der Waals surface area contributed by atoms with Gasteiger partial charge in [-0.05, 0) is 56.5 Å². The van der Waals surface area contributed by atoms with Crippen molar-refractivity contribution in [1.82, 2.24) is 4.72 Å². The van der Waals surface area contributed by atoms with Crippen LogP contribution in [0.5, 0.6) is 0 Å². The largest absolute Gasteiger partial charge is 0.456 e. The fourth-order valence-corrected chi connectivity index (χ4v) is 4.57. The number of hydrogen-bond donors (Lipinski definition) is 2. The molecule has 8 heteroatoms. The number of carbonyl (C=O) groups is 2. The lowest BCUT2D eigenvalue weighted by atomic mass is 10.1. The predicted molar refractivity (Wildman–Crippen MR) is 111 cm³/mol. The fraction of sp³-hybridized carbons (Fsp3) is 0.333. The van der Waals surface area contributed by atoms with E-state index in [0.29, 0.717) is 16.8 Å². The molecular weight excluding hydrogens is 392 g/mol. The summed E-state index contributed by atoms with van der Waals surface area (Å²) in [6.07, 6.45) is -0.180. The van der Waals surface area contributed by atoms with Crippen molar-refractivity contribution in [3.63, 3.8) is 0 Å². The highest BCUT2D eigenvalue weighted by Gasteiger charge is 2.20. The highest BCUT2D eigenvalue weighted by atomic mass is 32.2. The van der Waals surface area contributed by atoms with E-state index in [0.717, 1.165) is 11.1 Å². The van der Waals surface area contributed by atoms with E-state index in [9.17, 15) is 18.0 Å². The zero-order chi connectivity index (χ0) is 21.6. The number of nitrogens with one attached hydrogen (secondary N) is 2. The first kappa shape index (κ1) is 22.6. The second-order valence-electron chi connectivity index (χ2n) is 6.95. The molecule has 0 bridgehead atoms. The van der Waals surface area contributed by atoms with Crippen molar-refractivity contribution in [3.8, 4) is 0 Å². The van der Waals surface area contributed by atoms with Crippen LogP contribution in [0.15, 0.2) is 41.3 Å². The molecule has 29 heavy (non-hydrogen) atoms. The van der Waals surface area contributed by atoms with E-state index in [1.807, 2.05) is 19.9 Å². The third-order valence-electron chi connectivity index (χ3n) is 4.16. The molecule has 0 heterocycles. The minimum atomic E-state index is -3.75. The molecule has 156 valence electrons. The first-order chi connectivity index (χ1) is 13.6. The van der Waals surface area contributed by atoms with Gasteiger partial charge < -0.3 is 10.1 Å². The predicted octanol–water partition coefficient (Wildman–Crippen LogP) is 2.77. The first-order valence-corrected chi connectivity index (χ1v) is 10.7. The molecule has 0 unspecified atom stereocenters. The molecule has 0 saturated carbocycles. The smallest absolute Gasteiger partial charge is 0.307 e. The quantitative estimate of drug-likeness (QED) is 0.642. The van der Waals surface area contributed by atoms with Gasteiger partial charge in [-0.25, -0.2) is 13.1 Å². The number of aryl methyl sites for hydroxylation is 4. The van der Waals surface area contributed by atoms with Crippen molar-refractivity contribution < 1.29 is 22.7 Å². The molecule has 1 amide bonds. The fourth-order valence-electron chi connectivity index (χ4n) is 3.09. The third kappa shape index (κ3) is 6.69. The maximum Gasteiger partial charge on any atom is 0.307 e. The van der Waals surface area contributed by atoms with E-state index >= 15 is 0 Å². The lowest BCUT2D eigenvalue weighted by molar-refractivity contribution is -0.147. The van der Waals surface area contributed by atoms with Crippen molar-refractivity contribution in [2.24, 2.45) is 0 Å². The van der Waals surface area contributed by atoms with E-state index < -0.39 is 28.5 Å². The topological polar surface area (TPSA) is 102 Å². The molecule has 7 nitrogen and oxygen atoms in total. The second-order valence-corrected chi connectivity index (χ2v) is 8.66. The summed E-state index contributed by atoms with van der Waals surface area (Å²) in [4.78, 5) is 23.9. The first-order valence-electron chi connectivity index (χ1n) is 9.18. The van der Waals surface area contributed by atoms with E-state index in [4.69, 9.17) is 4.74 Å². The molecule has 0 saturated heterocycles. The van der Waals surface area contributed by atoms with Crippen molar-refractivity contribution in [3.05, 3.63) is 58.7 Å². The van der Waals surface area contributed by atoms with Gasteiger partial charge in [-0.2, -0.15) is 0 Å². The molecular formula is C21H26N2O5S. The zero-order valence-electron chi connectivity index (χ0n) is 17.0. The lowest BCUT2D eigenvalue weighted by Crippen LogP contribution is -2.29. The number of sulfonamides is 1.